The van der Waals surface area contributed by atoms with Gasteiger partial charge in [-0.15, -0.1) is 24.8 Å². The van der Waals surface area contributed by atoms with E-state index in [-0.39, 0.29) is 24.8 Å². The van der Waals surface area contributed by atoms with Crippen LogP contribution in [-0.4, -0.2) is 25.7 Å². The Bertz CT molecular complexity index is 596. The average molecular weight is 383 g/mol. The van der Waals surface area contributed by atoms with Gasteiger partial charge in [0.15, 0.2) is 0 Å². The van der Waals surface area contributed by atoms with E-state index in [4.69, 9.17) is 4.74 Å². The lowest BCUT2D eigenvalue weighted by molar-refractivity contribution is 0.322. The van der Waals surface area contributed by atoms with Crippen LogP contribution in [-0.2, 0) is 6.42 Å². The molecule has 5 heteroatoms. The standard InChI is InChI=1S/C20H26N2O.2ClH/c1-16-2-8-20(9-3-16)23-15-12-17-4-6-18(7-5-17)22-19-10-13-21-14-11-19;;/h2-9,19,21-22H,10-15H2,1H3;2*1H. The zero-order valence-electron chi connectivity index (χ0n) is 14.7. The van der Waals surface area contributed by atoms with Gasteiger partial charge < -0.3 is 15.4 Å². The summed E-state index contributed by atoms with van der Waals surface area (Å²) in [4.78, 5) is 0. The third-order valence-electron chi connectivity index (χ3n) is 4.34. The number of ether oxygens (including phenoxy) is 1. The third kappa shape index (κ3) is 7.15. The lowest BCUT2D eigenvalue weighted by atomic mass is 10.1. The van der Waals surface area contributed by atoms with Crippen LogP contribution in [0.15, 0.2) is 48.5 Å². The summed E-state index contributed by atoms with van der Waals surface area (Å²) >= 11 is 0. The van der Waals surface area contributed by atoms with Crippen LogP contribution in [0, 0.1) is 6.92 Å². The Morgan fingerprint density at radius 3 is 2.24 bits per heavy atom. The second kappa shape index (κ2) is 11.2. The van der Waals surface area contributed by atoms with Gasteiger partial charge in [0.25, 0.3) is 0 Å². The molecule has 2 N–H and O–H groups in total. The van der Waals surface area contributed by atoms with E-state index < -0.39 is 0 Å². The zero-order chi connectivity index (χ0) is 15.9. The zero-order valence-corrected chi connectivity index (χ0v) is 16.3. The molecule has 138 valence electrons. The molecule has 0 atom stereocenters. The van der Waals surface area contributed by atoms with E-state index in [1.54, 1.807) is 0 Å². The van der Waals surface area contributed by atoms with Crippen LogP contribution in [0.1, 0.15) is 24.0 Å². The number of nitrogens with one attached hydrogen (secondary N) is 2. The Hall–Kier alpha value is -1.42. The van der Waals surface area contributed by atoms with E-state index in [2.05, 4.69) is 54.0 Å². The minimum absolute atomic E-state index is 0. The van der Waals surface area contributed by atoms with Crippen LogP contribution < -0.4 is 15.4 Å². The molecule has 1 aliphatic heterocycles. The van der Waals surface area contributed by atoms with E-state index in [0.29, 0.717) is 12.6 Å². The highest BCUT2D eigenvalue weighted by molar-refractivity contribution is 5.85. The van der Waals surface area contributed by atoms with Gasteiger partial charge in [-0.2, -0.15) is 0 Å². The van der Waals surface area contributed by atoms with Crippen molar-refractivity contribution in [2.75, 3.05) is 25.0 Å². The highest BCUT2D eigenvalue weighted by atomic mass is 35.5. The van der Waals surface area contributed by atoms with Crippen LogP contribution >= 0.6 is 24.8 Å². The van der Waals surface area contributed by atoms with Crippen LogP contribution in [0.3, 0.4) is 0 Å². The van der Waals surface area contributed by atoms with Gasteiger partial charge in [-0.3, -0.25) is 0 Å². The van der Waals surface area contributed by atoms with Crippen molar-refractivity contribution >= 4 is 30.5 Å². The molecule has 0 aromatic heterocycles. The van der Waals surface area contributed by atoms with Gasteiger partial charge in [0, 0.05) is 18.2 Å². The number of hydrogen-bond donors (Lipinski definition) is 2. The maximum Gasteiger partial charge on any atom is 0.119 e. The number of anilines is 1. The Kier molecular flexibility index (Phi) is 9.73. The molecule has 1 heterocycles. The molecule has 0 unspecified atom stereocenters. The van der Waals surface area contributed by atoms with Crippen molar-refractivity contribution in [1.29, 1.82) is 0 Å². The summed E-state index contributed by atoms with van der Waals surface area (Å²) in [7, 11) is 0. The van der Waals surface area contributed by atoms with Gasteiger partial charge in [-0.1, -0.05) is 29.8 Å². The molecule has 1 aliphatic rings. The van der Waals surface area contributed by atoms with Crippen molar-refractivity contribution in [3.05, 3.63) is 59.7 Å². The first-order valence-corrected chi connectivity index (χ1v) is 8.55. The Labute approximate surface area is 163 Å². The van der Waals surface area contributed by atoms with E-state index in [1.807, 2.05) is 12.1 Å². The molecule has 2 aromatic rings. The predicted molar refractivity (Wildman–Crippen MR) is 111 cm³/mol. The lowest BCUT2D eigenvalue weighted by Gasteiger charge is -2.24. The SMILES string of the molecule is Cc1ccc(OCCc2ccc(NC3CCNCC3)cc2)cc1.Cl.Cl. The first kappa shape index (κ1) is 21.6. The maximum atomic E-state index is 5.79. The van der Waals surface area contributed by atoms with Gasteiger partial charge in [0.05, 0.1) is 6.61 Å². The molecule has 3 rings (SSSR count). The summed E-state index contributed by atoms with van der Waals surface area (Å²) in [6, 6.07) is 17.6. The molecule has 0 bridgehead atoms. The fourth-order valence-corrected chi connectivity index (χ4v) is 2.89. The number of benzene rings is 2. The molecule has 1 fully saturated rings. The van der Waals surface area contributed by atoms with Crippen molar-refractivity contribution < 1.29 is 4.74 Å². The van der Waals surface area contributed by atoms with E-state index >= 15 is 0 Å². The average Bonchev–Trinajstić information content (AvgIpc) is 2.59. The third-order valence-corrected chi connectivity index (χ3v) is 4.34. The summed E-state index contributed by atoms with van der Waals surface area (Å²) in [5.74, 6) is 0.944. The van der Waals surface area contributed by atoms with E-state index in [9.17, 15) is 0 Å². The van der Waals surface area contributed by atoms with E-state index in [0.717, 1.165) is 25.3 Å². The Morgan fingerprint density at radius 2 is 1.60 bits per heavy atom. The number of rotatable bonds is 6. The van der Waals surface area contributed by atoms with Gasteiger partial charge >= 0.3 is 0 Å². The molecule has 0 spiro atoms. The fraction of sp³-hybridized carbons (Fsp3) is 0.400. The summed E-state index contributed by atoms with van der Waals surface area (Å²) in [6.45, 7) is 5.03. The highest BCUT2D eigenvalue weighted by Gasteiger charge is 2.12. The summed E-state index contributed by atoms with van der Waals surface area (Å²) in [5.41, 5.74) is 3.79. The van der Waals surface area contributed by atoms with Crippen LogP contribution in [0.25, 0.3) is 0 Å². The van der Waals surface area contributed by atoms with Crippen LogP contribution in [0.2, 0.25) is 0 Å². The van der Waals surface area contributed by atoms with E-state index in [1.165, 1.54) is 29.7 Å². The quantitative estimate of drug-likeness (QED) is 0.764. The monoisotopic (exact) mass is 382 g/mol. The molecule has 25 heavy (non-hydrogen) atoms. The second-order valence-corrected chi connectivity index (χ2v) is 6.28. The minimum Gasteiger partial charge on any atom is -0.493 e. The molecule has 1 saturated heterocycles. The topological polar surface area (TPSA) is 33.3 Å². The number of aryl methyl sites for hydroxylation is 1. The normalized spacial score (nSPS) is 14.1. The predicted octanol–water partition coefficient (Wildman–Crippen LogP) is 4.62. The first-order chi connectivity index (χ1) is 11.3. The molecule has 0 saturated carbocycles. The molecule has 0 aliphatic carbocycles. The van der Waals surface area contributed by atoms with Gasteiger partial charge in [-0.05, 0) is 62.7 Å². The van der Waals surface area contributed by atoms with Crippen LogP contribution in [0.5, 0.6) is 5.75 Å². The van der Waals surface area contributed by atoms with Crippen molar-refractivity contribution in [1.82, 2.24) is 5.32 Å². The van der Waals surface area contributed by atoms with Gasteiger partial charge in [-0.25, -0.2) is 0 Å². The Morgan fingerprint density at radius 1 is 0.960 bits per heavy atom. The molecule has 2 aromatic carbocycles. The maximum absolute atomic E-state index is 5.79. The number of piperidine rings is 1. The second-order valence-electron chi connectivity index (χ2n) is 6.28. The summed E-state index contributed by atoms with van der Waals surface area (Å²) in [5, 5.41) is 7.02. The number of halogens is 2. The smallest absolute Gasteiger partial charge is 0.119 e. The summed E-state index contributed by atoms with van der Waals surface area (Å²) < 4.78 is 5.79. The van der Waals surface area contributed by atoms with Crippen molar-refractivity contribution in [2.24, 2.45) is 0 Å². The van der Waals surface area contributed by atoms with Gasteiger partial charge in [0.1, 0.15) is 5.75 Å². The Balaban J connectivity index is 0.00000156. The lowest BCUT2D eigenvalue weighted by Crippen LogP contribution is -2.35. The molecular weight excluding hydrogens is 355 g/mol. The highest BCUT2D eigenvalue weighted by Crippen LogP contribution is 2.16. The van der Waals surface area contributed by atoms with Crippen molar-refractivity contribution in [3.8, 4) is 5.75 Å². The molecule has 0 amide bonds. The molecule has 3 nitrogen and oxygen atoms in total. The number of hydrogen-bond acceptors (Lipinski definition) is 3. The first-order valence-electron chi connectivity index (χ1n) is 8.55. The molecule has 0 radical (unpaired) electrons. The minimum atomic E-state index is 0. The molecular formula is C20H28Cl2N2O. The summed E-state index contributed by atoms with van der Waals surface area (Å²) in [6.07, 6.45) is 3.33. The van der Waals surface area contributed by atoms with Crippen molar-refractivity contribution in [2.45, 2.75) is 32.2 Å². The largest absolute Gasteiger partial charge is 0.493 e. The van der Waals surface area contributed by atoms with Crippen LogP contribution in [0.4, 0.5) is 5.69 Å². The van der Waals surface area contributed by atoms with Crippen molar-refractivity contribution in [3.63, 3.8) is 0 Å². The van der Waals surface area contributed by atoms with Gasteiger partial charge in [0.2, 0.25) is 0 Å². The fourth-order valence-electron chi connectivity index (χ4n) is 2.89.